The molecule has 2 heterocycles. The van der Waals surface area contributed by atoms with Gasteiger partial charge in [-0.2, -0.15) is 0 Å². The van der Waals surface area contributed by atoms with E-state index in [1.807, 2.05) is 32.9 Å². The molecule has 0 aliphatic carbocycles. The van der Waals surface area contributed by atoms with Gasteiger partial charge in [0, 0.05) is 31.4 Å². The first-order valence-electron chi connectivity index (χ1n) is 10.4. The Bertz CT molecular complexity index is 1070. The molecular weight excluding hydrogens is 374 g/mol. The molecule has 4 heteroatoms. The van der Waals surface area contributed by atoms with Gasteiger partial charge in [0.2, 0.25) is 0 Å². The molecule has 4 nitrogen and oxygen atoms in total. The number of aryl methyl sites for hydroxylation is 1. The van der Waals surface area contributed by atoms with Gasteiger partial charge in [0.05, 0.1) is 6.61 Å². The van der Waals surface area contributed by atoms with Crippen molar-refractivity contribution >= 4 is 11.1 Å². The van der Waals surface area contributed by atoms with Crippen LogP contribution in [0.2, 0.25) is 0 Å². The first-order valence-corrected chi connectivity index (χ1v) is 10.4. The molecule has 156 valence electrons. The fourth-order valence-corrected chi connectivity index (χ4v) is 4.02. The zero-order chi connectivity index (χ0) is 21.5. The zero-order valence-electron chi connectivity index (χ0n) is 18.0. The highest BCUT2D eigenvalue weighted by atomic mass is 16.5. The normalized spacial score (nSPS) is 17.0. The van der Waals surface area contributed by atoms with E-state index in [-0.39, 0.29) is 11.8 Å². The largest absolute Gasteiger partial charge is 0.493 e. The number of aliphatic hydroxyl groups is 1. The van der Waals surface area contributed by atoms with Crippen LogP contribution in [0.25, 0.3) is 11.1 Å². The van der Waals surface area contributed by atoms with Gasteiger partial charge in [0.1, 0.15) is 11.3 Å². The molecule has 3 aromatic carbocycles. The molecule has 0 bridgehead atoms. The second kappa shape index (κ2) is 10.1. The number of hydrogen-bond acceptors (Lipinski definition) is 4. The molecule has 1 N–H and O–H groups in total. The predicted octanol–water partition coefficient (Wildman–Crippen LogP) is 6.08. The maximum atomic E-state index is 7.00. The van der Waals surface area contributed by atoms with Gasteiger partial charge in [0.25, 0.3) is 0 Å². The Hall–Kier alpha value is -3.11. The molecule has 2 unspecified atom stereocenters. The van der Waals surface area contributed by atoms with Gasteiger partial charge in [-0.05, 0) is 29.3 Å². The van der Waals surface area contributed by atoms with Crippen molar-refractivity contribution in [3.63, 3.8) is 0 Å². The second-order valence-electron chi connectivity index (χ2n) is 6.80. The third-order valence-electron chi connectivity index (χ3n) is 5.18. The molecule has 0 spiro atoms. The summed E-state index contributed by atoms with van der Waals surface area (Å²) in [6.45, 7) is 6.55. The number of benzene rings is 3. The number of nitrogens with zero attached hydrogens (tertiary/aromatic N) is 1. The van der Waals surface area contributed by atoms with E-state index in [9.17, 15) is 0 Å². The number of fused-ring (bicyclic) bond motifs is 2. The topological polar surface area (TPSA) is 55.5 Å². The van der Waals surface area contributed by atoms with Crippen LogP contribution in [0.15, 0.2) is 77.2 Å². The number of hydrogen-bond donors (Lipinski definition) is 1. The Morgan fingerprint density at radius 1 is 0.867 bits per heavy atom. The minimum atomic E-state index is 0.226. The first-order chi connectivity index (χ1) is 14.8. The van der Waals surface area contributed by atoms with Crippen LogP contribution >= 0.6 is 0 Å². The van der Waals surface area contributed by atoms with Crippen molar-refractivity contribution in [2.45, 2.75) is 32.6 Å². The van der Waals surface area contributed by atoms with E-state index in [0.29, 0.717) is 12.5 Å². The van der Waals surface area contributed by atoms with E-state index in [4.69, 9.17) is 14.3 Å². The van der Waals surface area contributed by atoms with E-state index in [2.05, 4.69) is 65.6 Å². The predicted molar refractivity (Wildman–Crippen MR) is 121 cm³/mol. The molecule has 2 atom stereocenters. The fourth-order valence-electron chi connectivity index (χ4n) is 4.02. The highest BCUT2D eigenvalue weighted by Gasteiger charge is 2.33. The van der Waals surface area contributed by atoms with Crippen LogP contribution in [0.1, 0.15) is 48.3 Å². The fraction of sp³-hybridized carbons (Fsp3) is 0.269. The molecular formula is C26H29NO3. The van der Waals surface area contributed by atoms with E-state index >= 15 is 0 Å². The van der Waals surface area contributed by atoms with Crippen molar-refractivity contribution < 1.29 is 14.3 Å². The molecule has 0 fully saturated rings. The van der Waals surface area contributed by atoms with E-state index < -0.39 is 0 Å². The SMILES string of the molecule is CC.CO.Cc1nc2cc(C3c4ccccc4OCC3c3ccccc3)ccc2o1. The van der Waals surface area contributed by atoms with Crippen LogP contribution in [0.3, 0.4) is 0 Å². The molecule has 30 heavy (non-hydrogen) atoms. The average Bonchev–Trinajstić information content (AvgIpc) is 3.20. The summed E-state index contributed by atoms with van der Waals surface area (Å²) in [5, 5.41) is 7.00. The standard InChI is InChI=1S/C23H19NO2.C2H6.CH4O/c1-15-24-20-13-17(11-12-22(20)26-15)23-18-9-5-6-10-21(18)25-14-19(23)16-7-3-2-4-8-16;2*1-2/h2-13,19,23H,14H2,1H3;1-2H3;2H,1H3. The number of aliphatic hydroxyl groups excluding tert-OH is 1. The lowest BCUT2D eigenvalue weighted by atomic mass is 9.76. The molecule has 1 aliphatic heterocycles. The zero-order valence-corrected chi connectivity index (χ0v) is 18.0. The molecule has 1 aromatic heterocycles. The summed E-state index contributed by atoms with van der Waals surface area (Å²) in [6.07, 6.45) is 0. The number of para-hydroxylation sites is 1. The summed E-state index contributed by atoms with van der Waals surface area (Å²) in [6, 6.07) is 25.3. The number of rotatable bonds is 2. The molecule has 5 rings (SSSR count). The Morgan fingerprint density at radius 2 is 1.57 bits per heavy atom. The summed E-state index contributed by atoms with van der Waals surface area (Å²) < 4.78 is 11.8. The second-order valence-corrected chi connectivity index (χ2v) is 6.80. The van der Waals surface area contributed by atoms with Gasteiger partial charge in [-0.15, -0.1) is 0 Å². The highest BCUT2D eigenvalue weighted by molar-refractivity contribution is 5.74. The summed E-state index contributed by atoms with van der Waals surface area (Å²) in [7, 11) is 1.00. The third kappa shape index (κ3) is 4.24. The number of ether oxygens (including phenoxy) is 1. The first kappa shape index (κ1) is 21.6. The van der Waals surface area contributed by atoms with Crippen molar-refractivity contribution in [2.75, 3.05) is 13.7 Å². The minimum absolute atomic E-state index is 0.226. The highest BCUT2D eigenvalue weighted by Crippen LogP contribution is 2.46. The Kier molecular flexibility index (Phi) is 7.26. The van der Waals surface area contributed by atoms with E-state index in [1.54, 1.807) is 0 Å². The number of oxazole rings is 1. The van der Waals surface area contributed by atoms with E-state index in [1.165, 1.54) is 16.7 Å². The maximum absolute atomic E-state index is 7.00. The lowest BCUT2D eigenvalue weighted by Gasteiger charge is -2.34. The lowest BCUT2D eigenvalue weighted by molar-refractivity contribution is 0.249. The average molecular weight is 404 g/mol. The summed E-state index contributed by atoms with van der Waals surface area (Å²) >= 11 is 0. The Morgan fingerprint density at radius 3 is 2.33 bits per heavy atom. The van der Waals surface area contributed by atoms with Crippen LogP contribution in [-0.2, 0) is 0 Å². The van der Waals surface area contributed by atoms with Crippen molar-refractivity contribution in [2.24, 2.45) is 0 Å². The monoisotopic (exact) mass is 403 g/mol. The minimum Gasteiger partial charge on any atom is -0.493 e. The van der Waals surface area contributed by atoms with Crippen LogP contribution < -0.4 is 4.74 Å². The van der Waals surface area contributed by atoms with Gasteiger partial charge in [-0.1, -0.05) is 68.4 Å². The van der Waals surface area contributed by atoms with Crippen LogP contribution in [-0.4, -0.2) is 23.8 Å². The van der Waals surface area contributed by atoms with Crippen LogP contribution in [0, 0.1) is 6.92 Å². The van der Waals surface area contributed by atoms with Gasteiger partial charge >= 0.3 is 0 Å². The van der Waals surface area contributed by atoms with Crippen LogP contribution in [0.4, 0.5) is 0 Å². The molecule has 4 aromatic rings. The van der Waals surface area contributed by atoms with Crippen molar-refractivity contribution in [3.8, 4) is 5.75 Å². The van der Waals surface area contributed by atoms with Crippen molar-refractivity contribution in [1.29, 1.82) is 0 Å². The maximum Gasteiger partial charge on any atom is 0.192 e. The summed E-state index contributed by atoms with van der Waals surface area (Å²) in [4.78, 5) is 4.52. The lowest BCUT2D eigenvalue weighted by Crippen LogP contribution is -2.25. The molecule has 1 aliphatic rings. The number of aromatic nitrogens is 1. The quantitative estimate of drug-likeness (QED) is 0.441. The van der Waals surface area contributed by atoms with Gasteiger partial charge < -0.3 is 14.3 Å². The molecule has 0 saturated heterocycles. The van der Waals surface area contributed by atoms with Gasteiger partial charge in [-0.3, -0.25) is 0 Å². The molecule has 0 amide bonds. The third-order valence-corrected chi connectivity index (χ3v) is 5.18. The molecule has 0 saturated carbocycles. The van der Waals surface area contributed by atoms with Gasteiger partial charge in [0.15, 0.2) is 11.5 Å². The Balaban J connectivity index is 0.000000606. The summed E-state index contributed by atoms with van der Waals surface area (Å²) in [5.74, 6) is 2.16. The van der Waals surface area contributed by atoms with Crippen LogP contribution in [0.5, 0.6) is 5.75 Å². The smallest absolute Gasteiger partial charge is 0.192 e. The molecule has 0 radical (unpaired) electrons. The van der Waals surface area contributed by atoms with Crippen molar-refractivity contribution in [3.05, 3.63) is 95.4 Å². The van der Waals surface area contributed by atoms with E-state index in [0.717, 1.165) is 24.0 Å². The summed E-state index contributed by atoms with van der Waals surface area (Å²) in [5.41, 5.74) is 5.52. The van der Waals surface area contributed by atoms with Gasteiger partial charge in [-0.25, -0.2) is 4.98 Å². The van der Waals surface area contributed by atoms with Crippen molar-refractivity contribution in [1.82, 2.24) is 4.98 Å². The Labute approximate surface area is 178 Å².